The molecule has 2 aliphatic heterocycles. The Kier molecular flexibility index (Phi) is 7.48. The molecule has 0 unspecified atom stereocenters. The fourth-order valence-corrected chi connectivity index (χ4v) is 5.77. The van der Waals surface area contributed by atoms with Crippen molar-refractivity contribution in [3.8, 4) is 0 Å². The lowest BCUT2D eigenvalue weighted by atomic mass is 10.0. The molecule has 4 N–H and O–H groups in total. The number of rotatable bonds is 3. The first kappa shape index (κ1) is 24.5. The van der Waals surface area contributed by atoms with Gasteiger partial charge in [0, 0.05) is 18.5 Å². The molecule has 0 bridgehead atoms. The van der Waals surface area contributed by atoms with Crippen LogP contribution in [0.2, 0.25) is 0 Å². The summed E-state index contributed by atoms with van der Waals surface area (Å²) in [5.41, 5.74) is -1.28. The van der Waals surface area contributed by atoms with Crippen LogP contribution in [0.3, 0.4) is 0 Å². The molecule has 0 spiro atoms. The smallest absolute Gasteiger partial charge is 0.330 e. The third kappa shape index (κ3) is 5.39. The van der Waals surface area contributed by atoms with E-state index in [-0.39, 0.29) is 29.8 Å². The van der Waals surface area contributed by atoms with Gasteiger partial charge >= 0.3 is 12.0 Å². The number of nitrogens with zero attached hydrogens (tertiary/aromatic N) is 1. The molecular weight excluding hydrogens is 436 g/mol. The van der Waals surface area contributed by atoms with Crippen molar-refractivity contribution >= 4 is 23.8 Å². The number of carboxylic acid groups (broad SMARTS) is 1. The van der Waals surface area contributed by atoms with Crippen molar-refractivity contribution in [3.63, 3.8) is 0 Å². The van der Waals surface area contributed by atoms with Gasteiger partial charge in [0.2, 0.25) is 11.8 Å². The maximum Gasteiger partial charge on any atom is 0.330 e. The van der Waals surface area contributed by atoms with E-state index in [0.29, 0.717) is 25.8 Å². The summed E-state index contributed by atoms with van der Waals surface area (Å²) in [4.78, 5) is 53.1. The van der Waals surface area contributed by atoms with Gasteiger partial charge in [0.1, 0.15) is 17.6 Å². The predicted octanol–water partition coefficient (Wildman–Crippen LogP) is 2.31. The summed E-state index contributed by atoms with van der Waals surface area (Å²) >= 11 is 0. The molecule has 188 valence electrons. The Hall–Kier alpha value is -2.58. The van der Waals surface area contributed by atoms with Crippen molar-refractivity contribution in [2.75, 3.05) is 6.54 Å². The SMILES string of the molecule is C[C@@H]1C[C@H]2C(=O)N[C@]3(C(=O)O)C[C@H]3/C=C\CCCCC[C@H](NC(=O)NC3CCCC3)C(=O)N2C1. The molecule has 5 atom stereocenters. The molecule has 0 aromatic heterocycles. The molecule has 9 nitrogen and oxygen atoms in total. The van der Waals surface area contributed by atoms with Crippen LogP contribution in [0, 0.1) is 11.8 Å². The molecule has 2 saturated carbocycles. The number of allylic oxidation sites excluding steroid dienone is 1. The molecule has 3 fully saturated rings. The van der Waals surface area contributed by atoms with E-state index in [9.17, 15) is 24.3 Å². The van der Waals surface area contributed by atoms with Gasteiger partial charge < -0.3 is 26.0 Å². The Bertz CT molecular complexity index is 839. The number of carbonyl (C=O) groups is 4. The van der Waals surface area contributed by atoms with E-state index in [1.165, 1.54) is 0 Å². The van der Waals surface area contributed by atoms with Crippen molar-refractivity contribution in [2.24, 2.45) is 11.8 Å². The van der Waals surface area contributed by atoms with Gasteiger partial charge in [-0.15, -0.1) is 0 Å². The van der Waals surface area contributed by atoms with Gasteiger partial charge in [-0.3, -0.25) is 9.59 Å². The zero-order chi connectivity index (χ0) is 24.3. The zero-order valence-corrected chi connectivity index (χ0v) is 20.1. The van der Waals surface area contributed by atoms with Crippen LogP contribution >= 0.6 is 0 Å². The second-order valence-corrected chi connectivity index (χ2v) is 10.6. The topological polar surface area (TPSA) is 128 Å². The van der Waals surface area contributed by atoms with E-state index in [4.69, 9.17) is 0 Å². The highest BCUT2D eigenvalue weighted by Gasteiger charge is 2.61. The van der Waals surface area contributed by atoms with E-state index in [0.717, 1.165) is 51.4 Å². The maximum atomic E-state index is 13.6. The molecule has 4 rings (SSSR count). The fraction of sp³-hybridized carbons (Fsp3) is 0.760. The lowest BCUT2D eigenvalue weighted by Crippen LogP contribution is -2.57. The van der Waals surface area contributed by atoms with E-state index < -0.39 is 29.5 Å². The van der Waals surface area contributed by atoms with Crippen LogP contribution in [-0.4, -0.2) is 64.0 Å². The molecule has 2 heterocycles. The van der Waals surface area contributed by atoms with Crippen molar-refractivity contribution in [2.45, 2.75) is 101 Å². The minimum Gasteiger partial charge on any atom is -0.479 e. The van der Waals surface area contributed by atoms with Gasteiger partial charge in [-0.05, 0) is 50.9 Å². The molecule has 34 heavy (non-hydrogen) atoms. The van der Waals surface area contributed by atoms with E-state index in [2.05, 4.69) is 16.0 Å². The summed E-state index contributed by atoms with van der Waals surface area (Å²) in [6, 6.07) is -1.61. The van der Waals surface area contributed by atoms with E-state index in [1.54, 1.807) is 4.90 Å². The van der Waals surface area contributed by atoms with Crippen LogP contribution < -0.4 is 16.0 Å². The normalized spacial score (nSPS) is 35.9. The van der Waals surface area contributed by atoms with E-state index >= 15 is 0 Å². The standard InChI is InChI=1S/C25H38N4O5/c1-16-13-20-21(30)28-25(23(32)33)14-17(25)9-5-3-2-4-6-12-19(22(31)29(20)15-16)27-24(34)26-18-10-7-8-11-18/h5,9,16-20H,2-4,6-8,10-15H2,1H3,(H,28,30)(H,32,33)(H2,26,27,34)/b9-5-/t16-,17-,19+,20+,25-/m1/s1. The average Bonchev–Trinajstić information content (AvgIpc) is 3.10. The third-order valence-corrected chi connectivity index (χ3v) is 7.86. The van der Waals surface area contributed by atoms with Gasteiger partial charge in [-0.1, -0.05) is 44.8 Å². The molecule has 4 amide bonds. The summed E-state index contributed by atoms with van der Waals surface area (Å²) in [7, 11) is 0. The second-order valence-electron chi connectivity index (χ2n) is 10.6. The molecule has 4 aliphatic rings. The number of hydrogen-bond acceptors (Lipinski definition) is 4. The predicted molar refractivity (Wildman–Crippen MR) is 126 cm³/mol. The zero-order valence-electron chi connectivity index (χ0n) is 20.1. The molecule has 0 aromatic rings. The summed E-state index contributed by atoms with van der Waals surface area (Å²) in [6.45, 7) is 2.40. The van der Waals surface area contributed by atoms with E-state index in [1.807, 2.05) is 19.1 Å². The van der Waals surface area contributed by atoms with Crippen LogP contribution in [-0.2, 0) is 14.4 Å². The first-order valence-corrected chi connectivity index (χ1v) is 12.9. The summed E-state index contributed by atoms with van der Waals surface area (Å²) in [5.74, 6) is -1.82. The summed E-state index contributed by atoms with van der Waals surface area (Å²) < 4.78 is 0. The largest absolute Gasteiger partial charge is 0.479 e. The highest BCUT2D eigenvalue weighted by atomic mass is 16.4. The summed E-state index contributed by atoms with van der Waals surface area (Å²) in [6.07, 6.45) is 12.8. The van der Waals surface area contributed by atoms with Crippen molar-refractivity contribution in [1.29, 1.82) is 0 Å². The molecule has 0 aromatic carbocycles. The van der Waals surface area contributed by atoms with Crippen LogP contribution in [0.4, 0.5) is 4.79 Å². The maximum absolute atomic E-state index is 13.6. The Morgan fingerprint density at radius 3 is 2.56 bits per heavy atom. The van der Waals surface area contributed by atoms with Crippen molar-refractivity contribution in [1.82, 2.24) is 20.9 Å². The first-order valence-electron chi connectivity index (χ1n) is 12.9. The number of nitrogens with one attached hydrogen (secondary N) is 3. The van der Waals surface area contributed by atoms with Crippen molar-refractivity contribution < 1.29 is 24.3 Å². The Morgan fingerprint density at radius 2 is 1.82 bits per heavy atom. The van der Waals surface area contributed by atoms with Crippen molar-refractivity contribution in [3.05, 3.63) is 12.2 Å². The van der Waals surface area contributed by atoms with Crippen LogP contribution in [0.1, 0.15) is 77.6 Å². The van der Waals surface area contributed by atoms with Gasteiger partial charge in [-0.25, -0.2) is 9.59 Å². The van der Waals surface area contributed by atoms with Gasteiger partial charge in [0.15, 0.2) is 0 Å². The lowest BCUT2D eigenvalue weighted by molar-refractivity contribution is -0.145. The number of fused-ring (bicyclic) bond motifs is 2. The average molecular weight is 475 g/mol. The number of aliphatic carboxylic acids is 1. The highest BCUT2D eigenvalue weighted by molar-refractivity contribution is 5.96. The summed E-state index contributed by atoms with van der Waals surface area (Å²) in [5, 5.41) is 18.5. The monoisotopic (exact) mass is 474 g/mol. The van der Waals surface area contributed by atoms with Gasteiger partial charge in [-0.2, -0.15) is 0 Å². The molecule has 9 heteroatoms. The van der Waals surface area contributed by atoms with Crippen LogP contribution in [0.25, 0.3) is 0 Å². The number of carboxylic acids is 1. The first-order chi connectivity index (χ1) is 16.3. The second kappa shape index (κ2) is 10.4. The molecule has 0 radical (unpaired) electrons. The Labute approximate surface area is 201 Å². The quantitative estimate of drug-likeness (QED) is 0.467. The highest BCUT2D eigenvalue weighted by Crippen LogP contribution is 2.45. The molecular formula is C25H38N4O5. The molecule has 2 aliphatic carbocycles. The van der Waals surface area contributed by atoms with Gasteiger partial charge in [0.25, 0.3) is 0 Å². The third-order valence-electron chi connectivity index (χ3n) is 7.86. The van der Waals surface area contributed by atoms with Crippen LogP contribution in [0.15, 0.2) is 12.2 Å². The van der Waals surface area contributed by atoms with Crippen LogP contribution in [0.5, 0.6) is 0 Å². The Balaban J connectivity index is 1.51. The number of carbonyl (C=O) groups excluding carboxylic acids is 3. The fourth-order valence-electron chi connectivity index (χ4n) is 5.77. The minimum atomic E-state index is -1.28. The number of hydrogen-bond donors (Lipinski definition) is 4. The Morgan fingerprint density at radius 1 is 1.09 bits per heavy atom. The number of urea groups is 1. The molecule has 1 saturated heterocycles. The minimum absolute atomic E-state index is 0.113. The lowest BCUT2D eigenvalue weighted by Gasteiger charge is -2.30. The number of amides is 4. The van der Waals surface area contributed by atoms with Gasteiger partial charge in [0.05, 0.1) is 0 Å².